The normalized spacial score (nSPS) is 12.6. The number of hydrogen-bond donors (Lipinski definition) is 3. The van der Waals surface area contributed by atoms with Gasteiger partial charge in [0.05, 0.1) is 0 Å². The quantitative estimate of drug-likeness (QED) is 0.768. The van der Waals surface area contributed by atoms with Crippen molar-refractivity contribution in [2.75, 3.05) is 24.3 Å². The first-order valence-corrected chi connectivity index (χ1v) is 6.73. The summed E-state index contributed by atoms with van der Waals surface area (Å²) in [5.74, 6) is -0.367. The van der Waals surface area contributed by atoms with Crippen LogP contribution in [-0.2, 0) is 14.3 Å². The molecule has 0 aliphatic heterocycles. The van der Waals surface area contributed by atoms with Crippen LogP contribution in [0.25, 0.3) is 0 Å². The molecule has 0 aromatic heterocycles. The smallest absolute Gasteiger partial charge is 0.254 e. The number of hydrogen-bond acceptors (Lipinski definition) is 4. The molecular formula is C15H23N3O3. The zero-order valence-corrected chi connectivity index (χ0v) is 12.9. The minimum absolute atomic E-state index is 0.0677. The van der Waals surface area contributed by atoms with Crippen LogP contribution >= 0.6 is 0 Å². The van der Waals surface area contributed by atoms with Crippen LogP contribution in [0.5, 0.6) is 0 Å². The van der Waals surface area contributed by atoms with Crippen LogP contribution in [-0.4, -0.2) is 31.6 Å². The van der Waals surface area contributed by atoms with Gasteiger partial charge in [-0.1, -0.05) is 20.8 Å². The van der Waals surface area contributed by atoms with Gasteiger partial charge < -0.3 is 21.1 Å². The molecule has 6 heteroatoms. The summed E-state index contributed by atoms with van der Waals surface area (Å²) in [6.07, 6.45) is -0.676. The standard InChI is InChI=1S/C15H23N3O3/c1-15(2,3)14(20)18-11-7-5-10(6-8-11)17-13(19)12(9-16)21-4/h5-8,12H,9,16H2,1-4H3,(H,17,19)(H,18,20). The minimum atomic E-state index is -0.676. The van der Waals surface area contributed by atoms with Gasteiger partial charge in [0, 0.05) is 30.4 Å². The maximum Gasteiger partial charge on any atom is 0.254 e. The first-order valence-electron chi connectivity index (χ1n) is 6.73. The molecule has 1 aromatic carbocycles. The second-order valence-corrected chi connectivity index (χ2v) is 5.73. The predicted molar refractivity (Wildman–Crippen MR) is 83.0 cm³/mol. The Balaban J connectivity index is 2.66. The van der Waals surface area contributed by atoms with Gasteiger partial charge in [0.2, 0.25) is 5.91 Å². The van der Waals surface area contributed by atoms with Crippen LogP contribution in [0.1, 0.15) is 20.8 Å². The third-order valence-corrected chi connectivity index (χ3v) is 2.88. The average molecular weight is 293 g/mol. The summed E-state index contributed by atoms with van der Waals surface area (Å²) in [4.78, 5) is 23.6. The molecule has 0 heterocycles. The third kappa shape index (κ3) is 5.17. The van der Waals surface area contributed by atoms with Gasteiger partial charge in [0.1, 0.15) is 6.10 Å². The zero-order chi connectivity index (χ0) is 16.0. The summed E-state index contributed by atoms with van der Waals surface area (Å²) < 4.78 is 4.95. The average Bonchev–Trinajstić information content (AvgIpc) is 2.41. The molecule has 0 aliphatic carbocycles. The summed E-state index contributed by atoms with van der Waals surface area (Å²) >= 11 is 0. The van der Waals surface area contributed by atoms with Gasteiger partial charge in [-0.05, 0) is 24.3 Å². The molecule has 0 spiro atoms. The summed E-state index contributed by atoms with van der Waals surface area (Å²) in [7, 11) is 1.43. The Labute approximate surface area is 125 Å². The van der Waals surface area contributed by atoms with Gasteiger partial charge in [-0.25, -0.2) is 0 Å². The molecule has 0 radical (unpaired) electrons. The third-order valence-electron chi connectivity index (χ3n) is 2.88. The predicted octanol–water partition coefficient (Wildman–Crippen LogP) is 1.58. The van der Waals surface area contributed by atoms with Gasteiger partial charge >= 0.3 is 0 Å². The topological polar surface area (TPSA) is 93.4 Å². The van der Waals surface area contributed by atoms with E-state index < -0.39 is 11.5 Å². The number of carbonyl (C=O) groups excluding carboxylic acids is 2. The van der Waals surface area contributed by atoms with E-state index in [1.807, 2.05) is 20.8 Å². The molecular weight excluding hydrogens is 270 g/mol. The summed E-state index contributed by atoms with van der Waals surface area (Å²) in [5.41, 5.74) is 6.26. The number of ether oxygens (including phenoxy) is 1. The molecule has 0 saturated heterocycles. The highest BCUT2D eigenvalue weighted by molar-refractivity contribution is 5.96. The summed E-state index contributed by atoms with van der Waals surface area (Å²) in [6.45, 7) is 5.64. The highest BCUT2D eigenvalue weighted by Gasteiger charge is 2.21. The monoisotopic (exact) mass is 293 g/mol. The van der Waals surface area contributed by atoms with Crippen molar-refractivity contribution < 1.29 is 14.3 Å². The highest BCUT2D eigenvalue weighted by atomic mass is 16.5. The van der Waals surface area contributed by atoms with Crippen LogP contribution in [0.4, 0.5) is 11.4 Å². The fourth-order valence-corrected chi connectivity index (χ4v) is 1.49. The van der Waals surface area contributed by atoms with Crippen molar-refractivity contribution in [3.8, 4) is 0 Å². The van der Waals surface area contributed by atoms with E-state index in [1.165, 1.54) is 7.11 Å². The Bertz CT molecular complexity index is 488. The molecule has 116 valence electrons. The number of benzene rings is 1. The van der Waals surface area contributed by atoms with Crippen molar-refractivity contribution in [2.24, 2.45) is 11.1 Å². The molecule has 1 aromatic rings. The van der Waals surface area contributed by atoms with E-state index in [4.69, 9.17) is 10.5 Å². The lowest BCUT2D eigenvalue weighted by Gasteiger charge is -2.18. The number of amides is 2. The summed E-state index contributed by atoms with van der Waals surface area (Å²) in [6, 6.07) is 6.87. The van der Waals surface area contributed by atoms with Crippen molar-refractivity contribution in [1.29, 1.82) is 0 Å². The SMILES string of the molecule is COC(CN)C(=O)Nc1ccc(NC(=O)C(C)(C)C)cc1. The van der Waals surface area contributed by atoms with E-state index >= 15 is 0 Å². The van der Waals surface area contributed by atoms with E-state index in [0.717, 1.165) is 0 Å². The van der Waals surface area contributed by atoms with Crippen molar-refractivity contribution >= 4 is 23.2 Å². The van der Waals surface area contributed by atoms with E-state index in [-0.39, 0.29) is 18.4 Å². The molecule has 0 saturated carbocycles. The second-order valence-electron chi connectivity index (χ2n) is 5.73. The number of anilines is 2. The van der Waals surface area contributed by atoms with Crippen LogP contribution in [0, 0.1) is 5.41 Å². The van der Waals surface area contributed by atoms with Crippen LogP contribution in [0.2, 0.25) is 0 Å². The zero-order valence-electron chi connectivity index (χ0n) is 12.9. The Morgan fingerprint density at radius 3 is 2.00 bits per heavy atom. The number of rotatable bonds is 5. The number of nitrogens with one attached hydrogen (secondary N) is 2. The Morgan fingerprint density at radius 2 is 1.62 bits per heavy atom. The highest BCUT2D eigenvalue weighted by Crippen LogP contribution is 2.19. The van der Waals surface area contributed by atoms with Crippen LogP contribution < -0.4 is 16.4 Å². The summed E-state index contributed by atoms with van der Waals surface area (Å²) in [5, 5.41) is 5.51. The molecule has 6 nitrogen and oxygen atoms in total. The van der Waals surface area contributed by atoms with E-state index in [9.17, 15) is 9.59 Å². The van der Waals surface area contributed by atoms with E-state index in [1.54, 1.807) is 24.3 Å². The second kappa shape index (κ2) is 7.19. The molecule has 0 aliphatic rings. The van der Waals surface area contributed by atoms with E-state index in [2.05, 4.69) is 10.6 Å². The van der Waals surface area contributed by atoms with Crippen molar-refractivity contribution in [3.05, 3.63) is 24.3 Å². The molecule has 4 N–H and O–H groups in total. The number of nitrogens with two attached hydrogens (primary N) is 1. The molecule has 1 atom stereocenters. The molecule has 21 heavy (non-hydrogen) atoms. The van der Waals surface area contributed by atoms with Crippen molar-refractivity contribution in [1.82, 2.24) is 0 Å². The lowest BCUT2D eigenvalue weighted by atomic mass is 9.95. The number of carbonyl (C=O) groups is 2. The lowest BCUT2D eigenvalue weighted by Crippen LogP contribution is -2.35. The maximum atomic E-state index is 11.9. The van der Waals surface area contributed by atoms with Crippen molar-refractivity contribution in [2.45, 2.75) is 26.9 Å². The number of methoxy groups -OCH3 is 1. The van der Waals surface area contributed by atoms with Crippen LogP contribution in [0.3, 0.4) is 0 Å². The fraction of sp³-hybridized carbons (Fsp3) is 0.467. The van der Waals surface area contributed by atoms with Crippen LogP contribution in [0.15, 0.2) is 24.3 Å². The largest absolute Gasteiger partial charge is 0.370 e. The van der Waals surface area contributed by atoms with E-state index in [0.29, 0.717) is 11.4 Å². The van der Waals surface area contributed by atoms with Gasteiger partial charge in [-0.3, -0.25) is 9.59 Å². The molecule has 1 rings (SSSR count). The van der Waals surface area contributed by atoms with Gasteiger partial charge in [-0.2, -0.15) is 0 Å². The Kier molecular flexibility index (Phi) is 5.87. The first kappa shape index (κ1) is 17.1. The first-order chi connectivity index (χ1) is 9.77. The Morgan fingerprint density at radius 1 is 1.14 bits per heavy atom. The molecule has 1 unspecified atom stereocenters. The van der Waals surface area contributed by atoms with Gasteiger partial charge in [0.25, 0.3) is 5.91 Å². The minimum Gasteiger partial charge on any atom is -0.370 e. The van der Waals surface area contributed by atoms with Gasteiger partial charge in [0.15, 0.2) is 0 Å². The fourth-order valence-electron chi connectivity index (χ4n) is 1.49. The molecule has 2 amide bonds. The van der Waals surface area contributed by atoms with Gasteiger partial charge in [-0.15, -0.1) is 0 Å². The lowest BCUT2D eigenvalue weighted by molar-refractivity contribution is -0.125. The molecule has 0 fully saturated rings. The Hall–Kier alpha value is -1.92. The molecule has 0 bridgehead atoms. The maximum absolute atomic E-state index is 11.9. The van der Waals surface area contributed by atoms with Crippen molar-refractivity contribution in [3.63, 3.8) is 0 Å².